The molecule has 12 heteroatoms. The Balaban J connectivity index is 3.09. The number of terminal acetylenes is 3. The van der Waals surface area contributed by atoms with E-state index in [0.29, 0.717) is 31.8 Å². The molecule has 4 N–H and O–H groups in total. The molecule has 1 unspecified atom stereocenters. The highest BCUT2D eigenvalue weighted by atomic mass is 32.7. The fourth-order valence-corrected chi connectivity index (χ4v) is 7.16. The number of amides is 4. The molecule has 1 aliphatic carbocycles. The lowest BCUT2D eigenvalue weighted by Gasteiger charge is -2.38. The zero-order valence-corrected chi connectivity index (χ0v) is 25.8. The van der Waals surface area contributed by atoms with Crippen molar-refractivity contribution in [2.45, 2.75) is 82.8 Å². The van der Waals surface area contributed by atoms with Crippen LogP contribution in [0, 0.1) is 42.9 Å². The number of rotatable bonds is 18. The highest BCUT2D eigenvalue weighted by molar-refractivity contribution is 8.56. The summed E-state index contributed by atoms with van der Waals surface area (Å²) in [6, 6.07) is 0. The Hall–Kier alpha value is -2.90. The fourth-order valence-electron chi connectivity index (χ4n) is 4.60. The topological polar surface area (TPSA) is 143 Å². The zero-order valence-electron chi connectivity index (χ0n) is 24.1. The molecule has 0 aliphatic heterocycles. The molecule has 1 fully saturated rings. The van der Waals surface area contributed by atoms with E-state index in [1.807, 2.05) is 6.92 Å². The number of nitrogens with one attached hydrogen (secondary N) is 4. The van der Waals surface area contributed by atoms with Gasteiger partial charge >= 0.3 is 0 Å². The minimum atomic E-state index is -2.74. The van der Waals surface area contributed by atoms with E-state index in [1.54, 1.807) is 6.26 Å². The van der Waals surface area contributed by atoms with E-state index in [4.69, 9.17) is 23.8 Å². The Morgan fingerprint density at radius 3 is 1.59 bits per heavy atom. The number of hydrogen-bond donors (Lipinski definition) is 4. The molecular formula is C29H43N4O6PS. The van der Waals surface area contributed by atoms with E-state index in [2.05, 4.69) is 39.0 Å². The van der Waals surface area contributed by atoms with Crippen molar-refractivity contribution in [1.29, 1.82) is 0 Å². The second kappa shape index (κ2) is 19.3. The van der Waals surface area contributed by atoms with Gasteiger partial charge in [-0.3, -0.25) is 23.7 Å². The van der Waals surface area contributed by atoms with Crippen molar-refractivity contribution in [1.82, 2.24) is 21.3 Å². The summed E-state index contributed by atoms with van der Waals surface area (Å²) >= 11 is 1.24. The van der Waals surface area contributed by atoms with Gasteiger partial charge in [0.15, 0.2) is 0 Å². The van der Waals surface area contributed by atoms with E-state index in [-0.39, 0.29) is 93.8 Å². The van der Waals surface area contributed by atoms with Crippen molar-refractivity contribution < 1.29 is 28.3 Å². The summed E-state index contributed by atoms with van der Waals surface area (Å²) < 4.78 is 18.6. The van der Waals surface area contributed by atoms with Gasteiger partial charge in [-0.15, -0.1) is 19.3 Å². The summed E-state index contributed by atoms with van der Waals surface area (Å²) in [5.41, 5.74) is -1.03. The van der Waals surface area contributed by atoms with Crippen molar-refractivity contribution >= 4 is 41.6 Å². The quantitative estimate of drug-likeness (QED) is 0.139. The van der Waals surface area contributed by atoms with E-state index < -0.39 is 12.1 Å². The Morgan fingerprint density at radius 2 is 1.24 bits per heavy atom. The third kappa shape index (κ3) is 14.0. The first-order valence-corrected chi connectivity index (χ1v) is 17.5. The predicted molar refractivity (Wildman–Crippen MR) is 163 cm³/mol. The minimum Gasteiger partial charge on any atom is -0.350 e. The summed E-state index contributed by atoms with van der Waals surface area (Å²) in [5.74, 6) is 5.58. The van der Waals surface area contributed by atoms with E-state index in [1.165, 1.54) is 11.4 Å². The molecule has 41 heavy (non-hydrogen) atoms. The summed E-state index contributed by atoms with van der Waals surface area (Å²) in [6.07, 6.45) is 20.7. The second-order valence-corrected chi connectivity index (χ2v) is 15.1. The molecule has 0 aromatic rings. The predicted octanol–water partition coefficient (Wildman–Crippen LogP) is 2.58. The molecule has 10 nitrogen and oxygen atoms in total. The molecule has 0 aromatic carbocycles. The van der Waals surface area contributed by atoms with Gasteiger partial charge in [0.05, 0.1) is 25.7 Å². The van der Waals surface area contributed by atoms with E-state index in [9.17, 15) is 23.7 Å². The van der Waals surface area contributed by atoms with Gasteiger partial charge in [-0.2, -0.15) is 0 Å². The van der Waals surface area contributed by atoms with Crippen molar-refractivity contribution in [3.63, 3.8) is 0 Å². The molecule has 0 spiro atoms. The van der Waals surface area contributed by atoms with Crippen LogP contribution in [0.1, 0.15) is 71.1 Å². The lowest BCUT2D eigenvalue weighted by Crippen LogP contribution is -2.52. The molecule has 1 saturated carbocycles. The van der Waals surface area contributed by atoms with Gasteiger partial charge in [0.1, 0.15) is 0 Å². The van der Waals surface area contributed by atoms with Gasteiger partial charge in [0, 0.05) is 36.9 Å². The van der Waals surface area contributed by atoms with Gasteiger partial charge in [-0.1, -0.05) is 36.1 Å². The monoisotopic (exact) mass is 606 g/mol. The summed E-state index contributed by atoms with van der Waals surface area (Å²) in [4.78, 5) is 50.9. The number of carbonyl (C=O) groups excluding carboxylic acids is 4. The van der Waals surface area contributed by atoms with Crippen LogP contribution in [0.2, 0.25) is 0 Å². The molecule has 4 amide bonds. The normalized spacial score (nSPS) is 17.9. The Morgan fingerprint density at radius 1 is 0.829 bits per heavy atom. The highest BCUT2D eigenvalue weighted by Gasteiger charge is 2.37. The number of carbonyl (C=O) groups is 4. The van der Waals surface area contributed by atoms with Crippen LogP contribution in [0.3, 0.4) is 0 Å². The van der Waals surface area contributed by atoms with Gasteiger partial charge in [0.25, 0.3) is 6.57 Å². The van der Waals surface area contributed by atoms with Crippen LogP contribution in [-0.2, 0) is 28.3 Å². The first kappa shape index (κ1) is 36.1. The van der Waals surface area contributed by atoms with Gasteiger partial charge in [0.2, 0.25) is 23.6 Å². The van der Waals surface area contributed by atoms with Crippen molar-refractivity contribution in [2.75, 3.05) is 32.1 Å². The Bertz CT molecular complexity index is 977. The van der Waals surface area contributed by atoms with Crippen LogP contribution < -0.4 is 21.3 Å². The average Bonchev–Trinajstić information content (AvgIpc) is 2.98. The second-order valence-electron chi connectivity index (χ2n) is 9.90. The molecule has 1 rings (SSSR count). The molecule has 226 valence electrons. The SMILES string of the molecule is C#CCNC(=O)CCC(CCC(=O)NCC#C)(CCC(=O)NCC#C)NC(=O)[C@H]1CC[C@H](OP(=O)(CC)SC)CC1. The molecule has 1 aliphatic rings. The maximum absolute atomic E-state index is 13.6. The van der Waals surface area contributed by atoms with Crippen LogP contribution in [0.25, 0.3) is 0 Å². The van der Waals surface area contributed by atoms with Crippen molar-refractivity contribution in [3.8, 4) is 37.0 Å². The van der Waals surface area contributed by atoms with Crippen molar-refractivity contribution in [2.24, 2.45) is 5.92 Å². The first-order chi connectivity index (χ1) is 19.6. The standard InChI is InChI=1S/C29H43N4O6PS/c1-6-20-30-25(34)14-17-29(18-15-26(35)31-21-7-2,19-16-27(36)32-22-8-3)33-28(37)23-10-12-24(13-11-23)39-40(38,9-4)41-5/h1-3,23-24H,9-22H2,4-5H3,(H,30,34)(H,31,35)(H,32,36)(H,33,37)/t23-,24-,40?. The van der Waals surface area contributed by atoms with Gasteiger partial charge in [-0.25, -0.2) is 0 Å². The maximum Gasteiger partial charge on any atom is 0.257 e. The van der Waals surface area contributed by atoms with Crippen molar-refractivity contribution in [3.05, 3.63) is 0 Å². The summed E-state index contributed by atoms with van der Waals surface area (Å²) in [7, 11) is 0. The Labute approximate surface area is 248 Å². The van der Waals surface area contributed by atoms with Gasteiger partial charge in [-0.05, 0) is 51.2 Å². The lowest BCUT2D eigenvalue weighted by atomic mass is 9.81. The maximum atomic E-state index is 13.6. The zero-order chi connectivity index (χ0) is 30.7. The fraction of sp³-hybridized carbons (Fsp3) is 0.655. The van der Waals surface area contributed by atoms with Crippen LogP contribution in [0.5, 0.6) is 0 Å². The largest absolute Gasteiger partial charge is 0.350 e. The minimum absolute atomic E-state index is 0.0292. The smallest absolute Gasteiger partial charge is 0.257 e. The molecule has 1 atom stereocenters. The van der Waals surface area contributed by atoms with E-state index >= 15 is 0 Å². The third-order valence-corrected chi connectivity index (χ3v) is 11.7. The Kier molecular flexibility index (Phi) is 17.0. The summed E-state index contributed by atoms with van der Waals surface area (Å²) in [6.45, 7) is -0.715. The highest BCUT2D eigenvalue weighted by Crippen LogP contribution is 2.59. The van der Waals surface area contributed by atoms with E-state index in [0.717, 1.165) is 0 Å². The molecule has 0 saturated heterocycles. The summed E-state index contributed by atoms with van der Waals surface area (Å²) in [5, 5.41) is 11.0. The molecular weight excluding hydrogens is 563 g/mol. The van der Waals surface area contributed by atoms with Crippen LogP contribution in [0.4, 0.5) is 0 Å². The van der Waals surface area contributed by atoms with Crippen LogP contribution >= 0.6 is 18.0 Å². The third-order valence-electron chi connectivity index (χ3n) is 7.06. The first-order valence-electron chi connectivity index (χ1n) is 13.8. The lowest BCUT2D eigenvalue weighted by molar-refractivity contribution is -0.131. The molecule has 0 aromatic heterocycles. The van der Waals surface area contributed by atoms with Crippen LogP contribution in [-0.4, -0.2) is 67.3 Å². The number of hydrogen-bond acceptors (Lipinski definition) is 7. The molecule has 0 bridgehead atoms. The molecule has 0 heterocycles. The van der Waals surface area contributed by atoms with Gasteiger partial charge < -0.3 is 25.8 Å². The molecule has 0 radical (unpaired) electrons. The average molecular weight is 607 g/mol. The van der Waals surface area contributed by atoms with Crippen LogP contribution in [0.15, 0.2) is 0 Å².